The van der Waals surface area contributed by atoms with E-state index in [4.69, 9.17) is 9.47 Å². The van der Waals surface area contributed by atoms with E-state index in [1.54, 1.807) is 48.5 Å². The topological polar surface area (TPSA) is 102 Å². The molecule has 2 aromatic rings. The Kier molecular flexibility index (Phi) is 6.69. The smallest absolute Gasteiger partial charge is 0.329 e. The molecule has 0 fully saturated rings. The molecule has 1 aliphatic rings. The van der Waals surface area contributed by atoms with Gasteiger partial charge in [0.15, 0.2) is 6.61 Å². The number of rotatable bonds is 8. The van der Waals surface area contributed by atoms with E-state index >= 15 is 0 Å². The van der Waals surface area contributed by atoms with E-state index in [1.165, 1.54) is 7.11 Å². The zero-order valence-corrected chi connectivity index (χ0v) is 17.6. The van der Waals surface area contributed by atoms with E-state index in [2.05, 4.69) is 5.32 Å². The maximum absolute atomic E-state index is 12.8. The number of amides is 3. The summed E-state index contributed by atoms with van der Waals surface area (Å²) in [7, 11) is 1.54. The molecule has 31 heavy (non-hydrogen) atoms. The van der Waals surface area contributed by atoms with E-state index < -0.39 is 36.3 Å². The van der Waals surface area contributed by atoms with Crippen LogP contribution >= 0.6 is 0 Å². The summed E-state index contributed by atoms with van der Waals surface area (Å²) in [5, 5.41) is 2.61. The number of carbonyl (C=O) groups excluding carboxylic acids is 4. The molecule has 1 N–H and O–H groups in total. The molecule has 2 aromatic carbocycles. The summed E-state index contributed by atoms with van der Waals surface area (Å²) < 4.78 is 10.2. The third-order valence-electron chi connectivity index (χ3n) is 4.82. The fourth-order valence-corrected chi connectivity index (χ4v) is 3.35. The number of ether oxygens (including phenoxy) is 2. The number of methoxy groups -OCH3 is 1. The number of esters is 1. The maximum Gasteiger partial charge on any atom is 0.329 e. The van der Waals surface area contributed by atoms with Crippen molar-refractivity contribution in [1.82, 2.24) is 4.90 Å². The molecule has 0 bridgehead atoms. The molecule has 0 unspecified atom stereocenters. The lowest BCUT2D eigenvalue weighted by Crippen LogP contribution is -2.46. The summed E-state index contributed by atoms with van der Waals surface area (Å²) in [6, 6.07) is 12.0. The van der Waals surface area contributed by atoms with E-state index in [0.29, 0.717) is 11.4 Å². The van der Waals surface area contributed by atoms with Gasteiger partial charge in [0.2, 0.25) is 0 Å². The van der Waals surface area contributed by atoms with Crippen molar-refractivity contribution in [2.24, 2.45) is 5.92 Å². The average molecular weight is 424 g/mol. The molecule has 3 amide bonds. The van der Waals surface area contributed by atoms with Crippen molar-refractivity contribution in [3.63, 3.8) is 0 Å². The average Bonchev–Trinajstić information content (AvgIpc) is 3.01. The molecule has 0 aromatic heterocycles. The standard InChI is InChI=1S/C23H24N2O6/c1-14(2)12-19(25-21(27)17-6-4-5-7-18(17)22(25)28)23(29)31-13-20(26)24-15-8-10-16(30-3)11-9-15/h4-11,14,19H,12-13H2,1-3H3,(H,24,26)/t19-/m1/s1. The molecule has 162 valence electrons. The molecular formula is C23H24N2O6. The monoisotopic (exact) mass is 424 g/mol. The summed E-state index contributed by atoms with van der Waals surface area (Å²) in [6.07, 6.45) is 0.227. The highest BCUT2D eigenvalue weighted by Crippen LogP contribution is 2.27. The van der Waals surface area contributed by atoms with Crippen molar-refractivity contribution in [3.05, 3.63) is 59.7 Å². The van der Waals surface area contributed by atoms with Gasteiger partial charge in [-0.1, -0.05) is 26.0 Å². The number of carbonyl (C=O) groups is 4. The van der Waals surface area contributed by atoms with Gasteiger partial charge in [0.1, 0.15) is 11.8 Å². The minimum Gasteiger partial charge on any atom is -0.497 e. The lowest BCUT2D eigenvalue weighted by molar-refractivity contribution is -0.151. The molecule has 8 heteroatoms. The number of hydrogen-bond acceptors (Lipinski definition) is 6. The largest absolute Gasteiger partial charge is 0.497 e. The van der Waals surface area contributed by atoms with Gasteiger partial charge in [-0.3, -0.25) is 19.3 Å². The van der Waals surface area contributed by atoms with E-state index in [1.807, 2.05) is 13.8 Å². The van der Waals surface area contributed by atoms with Gasteiger partial charge in [-0.25, -0.2) is 4.79 Å². The van der Waals surface area contributed by atoms with Crippen LogP contribution in [0.3, 0.4) is 0 Å². The molecular weight excluding hydrogens is 400 g/mol. The van der Waals surface area contributed by atoms with Gasteiger partial charge in [0.05, 0.1) is 18.2 Å². The van der Waals surface area contributed by atoms with Gasteiger partial charge < -0.3 is 14.8 Å². The second kappa shape index (κ2) is 9.42. The van der Waals surface area contributed by atoms with Crippen LogP contribution in [0.5, 0.6) is 5.75 Å². The number of nitrogens with zero attached hydrogens (tertiary/aromatic N) is 1. The quantitative estimate of drug-likeness (QED) is 0.516. The predicted molar refractivity (Wildman–Crippen MR) is 113 cm³/mol. The van der Waals surface area contributed by atoms with Crippen molar-refractivity contribution >= 4 is 29.4 Å². The number of benzene rings is 2. The Bertz CT molecular complexity index is 964. The van der Waals surface area contributed by atoms with Crippen LogP contribution in [0.4, 0.5) is 5.69 Å². The Hall–Kier alpha value is -3.68. The van der Waals surface area contributed by atoms with Crippen LogP contribution in [0.15, 0.2) is 48.5 Å². The number of imide groups is 1. The SMILES string of the molecule is COc1ccc(NC(=O)COC(=O)[C@@H](CC(C)C)N2C(=O)c3ccccc3C2=O)cc1. The molecule has 1 heterocycles. The van der Waals surface area contributed by atoms with Crippen LogP contribution < -0.4 is 10.1 Å². The second-order valence-corrected chi connectivity index (χ2v) is 7.56. The Morgan fingerprint density at radius 3 is 2.06 bits per heavy atom. The fourth-order valence-electron chi connectivity index (χ4n) is 3.35. The van der Waals surface area contributed by atoms with Crippen molar-refractivity contribution < 1.29 is 28.7 Å². The molecule has 1 aliphatic heterocycles. The number of anilines is 1. The van der Waals surface area contributed by atoms with Gasteiger partial charge in [0.25, 0.3) is 17.7 Å². The molecule has 0 saturated heterocycles. The molecule has 0 aliphatic carbocycles. The lowest BCUT2D eigenvalue weighted by atomic mass is 10.0. The number of hydrogen-bond donors (Lipinski definition) is 1. The molecule has 0 radical (unpaired) electrons. The van der Waals surface area contributed by atoms with Crippen LogP contribution in [0.25, 0.3) is 0 Å². The minimum atomic E-state index is -1.11. The lowest BCUT2D eigenvalue weighted by Gasteiger charge is -2.25. The van der Waals surface area contributed by atoms with Crippen molar-refractivity contribution in [3.8, 4) is 5.75 Å². The summed E-state index contributed by atoms with van der Waals surface area (Å²) >= 11 is 0. The van der Waals surface area contributed by atoms with Crippen LogP contribution in [0.1, 0.15) is 41.0 Å². The zero-order valence-electron chi connectivity index (χ0n) is 17.6. The summed E-state index contributed by atoms with van der Waals surface area (Å²) in [5.74, 6) is -1.76. The van der Waals surface area contributed by atoms with E-state index in [-0.39, 0.29) is 23.5 Å². The molecule has 1 atom stereocenters. The predicted octanol–water partition coefficient (Wildman–Crippen LogP) is 2.89. The Morgan fingerprint density at radius 1 is 0.968 bits per heavy atom. The Morgan fingerprint density at radius 2 is 1.55 bits per heavy atom. The summed E-state index contributed by atoms with van der Waals surface area (Å²) in [6.45, 7) is 3.20. The third-order valence-corrected chi connectivity index (χ3v) is 4.82. The van der Waals surface area contributed by atoms with Crippen molar-refractivity contribution in [1.29, 1.82) is 0 Å². The third kappa shape index (κ3) is 4.91. The van der Waals surface area contributed by atoms with E-state index in [9.17, 15) is 19.2 Å². The first-order valence-electron chi connectivity index (χ1n) is 9.89. The van der Waals surface area contributed by atoms with Crippen LogP contribution in [0, 0.1) is 5.92 Å². The molecule has 0 saturated carbocycles. The molecule has 0 spiro atoms. The summed E-state index contributed by atoms with van der Waals surface area (Å²) in [4.78, 5) is 51.4. The first-order valence-corrected chi connectivity index (χ1v) is 9.89. The van der Waals surface area contributed by atoms with Gasteiger partial charge in [0, 0.05) is 5.69 Å². The van der Waals surface area contributed by atoms with Gasteiger partial charge >= 0.3 is 5.97 Å². The van der Waals surface area contributed by atoms with Crippen LogP contribution in [0.2, 0.25) is 0 Å². The fraction of sp³-hybridized carbons (Fsp3) is 0.304. The molecule has 8 nitrogen and oxygen atoms in total. The van der Waals surface area contributed by atoms with Crippen LogP contribution in [-0.4, -0.2) is 48.3 Å². The summed E-state index contributed by atoms with van der Waals surface area (Å²) in [5.41, 5.74) is 1.03. The highest BCUT2D eigenvalue weighted by Gasteiger charge is 2.43. The number of nitrogens with one attached hydrogen (secondary N) is 1. The highest BCUT2D eigenvalue weighted by atomic mass is 16.5. The molecule has 3 rings (SSSR count). The maximum atomic E-state index is 12.8. The van der Waals surface area contributed by atoms with Gasteiger partial charge in [-0.15, -0.1) is 0 Å². The highest BCUT2D eigenvalue weighted by molar-refractivity contribution is 6.22. The Balaban J connectivity index is 1.67. The van der Waals surface area contributed by atoms with Gasteiger partial charge in [-0.05, 0) is 48.7 Å². The Labute approximate surface area is 180 Å². The van der Waals surface area contributed by atoms with Gasteiger partial charge in [-0.2, -0.15) is 0 Å². The van der Waals surface area contributed by atoms with E-state index in [0.717, 1.165) is 4.90 Å². The van der Waals surface area contributed by atoms with Crippen molar-refractivity contribution in [2.75, 3.05) is 19.0 Å². The minimum absolute atomic E-state index is 0.00925. The number of fused-ring (bicyclic) bond motifs is 1. The van der Waals surface area contributed by atoms with Crippen LogP contribution in [-0.2, 0) is 14.3 Å². The normalized spacial score (nSPS) is 13.7. The first-order chi connectivity index (χ1) is 14.8. The first kappa shape index (κ1) is 22.0. The second-order valence-electron chi connectivity index (χ2n) is 7.56. The zero-order chi connectivity index (χ0) is 22.5. The van der Waals surface area contributed by atoms with Crippen molar-refractivity contribution in [2.45, 2.75) is 26.3 Å².